The van der Waals surface area contributed by atoms with Crippen LogP contribution in [0.3, 0.4) is 0 Å². The molecule has 0 bridgehead atoms. The van der Waals surface area contributed by atoms with Crippen LogP contribution in [0.1, 0.15) is 5.69 Å². The van der Waals surface area contributed by atoms with Gasteiger partial charge in [0, 0.05) is 0 Å². The van der Waals surface area contributed by atoms with Crippen molar-refractivity contribution in [3.05, 3.63) is 18.2 Å². The first-order chi connectivity index (χ1) is 5.25. The SMILES string of the molecule is O=C(O)C(=NO)c1cnc[nH]1. The summed E-state index contributed by atoms with van der Waals surface area (Å²) in [5.41, 5.74) is -0.289. The van der Waals surface area contributed by atoms with Crippen molar-refractivity contribution >= 4 is 11.7 Å². The molecule has 6 heteroatoms. The first-order valence-electron chi connectivity index (χ1n) is 2.70. The van der Waals surface area contributed by atoms with Gasteiger partial charge in [0.25, 0.3) is 0 Å². The van der Waals surface area contributed by atoms with Crippen molar-refractivity contribution in [1.82, 2.24) is 9.97 Å². The van der Waals surface area contributed by atoms with Crippen LogP contribution >= 0.6 is 0 Å². The number of imidazole rings is 1. The Morgan fingerprint density at radius 3 is 2.82 bits per heavy atom. The van der Waals surface area contributed by atoms with Gasteiger partial charge in [-0.1, -0.05) is 5.16 Å². The number of carboxylic acid groups (broad SMARTS) is 1. The van der Waals surface area contributed by atoms with Crippen LogP contribution in [-0.2, 0) is 4.79 Å². The van der Waals surface area contributed by atoms with E-state index < -0.39 is 11.7 Å². The van der Waals surface area contributed by atoms with Crippen molar-refractivity contribution in [3.63, 3.8) is 0 Å². The van der Waals surface area contributed by atoms with Crippen molar-refractivity contribution in [2.24, 2.45) is 5.16 Å². The number of H-pyrrole nitrogens is 1. The number of rotatable bonds is 2. The lowest BCUT2D eigenvalue weighted by Gasteiger charge is -1.91. The number of oxime groups is 1. The fraction of sp³-hybridized carbons (Fsp3) is 0. The minimum atomic E-state index is -1.31. The van der Waals surface area contributed by atoms with Gasteiger partial charge in [-0.05, 0) is 0 Å². The lowest BCUT2D eigenvalue weighted by atomic mass is 10.3. The highest BCUT2D eigenvalue weighted by Gasteiger charge is 2.13. The molecule has 1 aromatic rings. The zero-order chi connectivity index (χ0) is 8.27. The highest BCUT2D eigenvalue weighted by atomic mass is 16.4. The van der Waals surface area contributed by atoms with E-state index in [-0.39, 0.29) is 5.69 Å². The number of aromatic amines is 1. The maximum Gasteiger partial charge on any atom is 0.360 e. The molecule has 1 rings (SSSR count). The van der Waals surface area contributed by atoms with Crippen molar-refractivity contribution in [2.75, 3.05) is 0 Å². The number of hydrogen-bond acceptors (Lipinski definition) is 4. The molecular formula is C5H5N3O3. The fourth-order valence-electron chi connectivity index (χ4n) is 0.597. The summed E-state index contributed by atoms with van der Waals surface area (Å²) in [7, 11) is 0. The number of aromatic nitrogens is 2. The predicted molar refractivity (Wildman–Crippen MR) is 34.5 cm³/mol. The lowest BCUT2D eigenvalue weighted by Crippen LogP contribution is -2.14. The van der Waals surface area contributed by atoms with Crippen LogP contribution in [0.25, 0.3) is 0 Å². The minimum Gasteiger partial charge on any atom is -0.476 e. The van der Waals surface area contributed by atoms with Crippen molar-refractivity contribution < 1.29 is 15.1 Å². The molecule has 11 heavy (non-hydrogen) atoms. The molecule has 58 valence electrons. The second-order valence-corrected chi connectivity index (χ2v) is 1.72. The molecule has 0 spiro atoms. The first kappa shape index (κ1) is 7.26. The summed E-state index contributed by atoms with van der Waals surface area (Å²) in [5, 5.41) is 19.2. The van der Waals surface area contributed by atoms with Crippen molar-refractivity contribution in [1.29, 1.82) is 0 Å². The Hall–Kier alpha value is -1.85. The number of aliphatic carboxylic acids is 1. The third-order valence-electron chi connectivity index (χ3n) is 1.06. The predicted octanol–water partition coefficient (Wildman–Crippen LogP) is -0.327. The van der Waals surface area contributed by atoms with Gasteiger partial charge in [-0.15, -0.1) is 0 Å². The van der Waals surface area contributed by atoms with E-state index >= 15 is 0 Å². The summed E-state index contributed by atoms with van der Waals surface area (Å²) in [6.45, 7) is 0. The molecule has 0 atom stereocenters. The molecule has 0 aliphatic carbocycles. The maximum absolute atomic E-state index is 10.3. The van der Waals surface area contributed by atoms with Gasteiger partial charge in [-0.3, -0.25) is 0 Å². The normalized spacial score (nSPS) is 11.5. The van der Waals surface area contributed by atoms with E-state index in [4.69, 9.17) is 10.3 Å². The van der Waals surface area contributed by atoms with E-state index in [2.05, 4.69) is 15.1 Å². The van der Waals surface area contributed by atoms with Gasteiger partial charge in [-0.2, -0.15) is 0 Å². The van der Waals surface area contributed by atoms with Crippen LogP contribution in [0.4, 0.5) is 0 Å². The third kappa shape index (κ3) is 1.34. The average molecular weight is 155 g/mol. The van der Waals surface area contributed by atoms with E-state index in [1.807, 2.05) is 0 Å². The van der Waals surface area contributed by atoms with E-state index in [0.29, 0.717) is 0 Å². The molecule has 1 aromatic heterocycles. The molecule has 3 N–H and O–H groups in total. The van der Waals surface area contributed by atoms with Gasteiger partial charge in [-0.25, -0.2) is 9.78 Å². The third-order valence-corrected chi connectivity index (χ3v) is 1.06. The van der Waals surface area contributed by atoms with Gasteiger partial charge in [0.2, 0.25) is 5.71 Å². The molecule has 6 nitrogen and oxygen atoms in total. The van der Waals surface area contributed by atoms with E-state index in [1.165, 1.54) is 12.5 Å². The van der Waals surface area contributed by atoms with E-state index in [9.17, 15) is 4.79 Å². The Bertz CT molecular complexity index is 277. The van der Waals surface area contributed by atoms with Crippen LogP contribution in [0, 0.1) is 0 Å². The molecule has 0 aromatic carbocycles. The molecule has 0 aliphatic rings. The van der Waals surface area contributed by atoms with Gasteiger partial charge in [0.1, 0.15) is 0 Å². The highest BCUT2D eigenvalue weighted by molar-refractivity contribution is 6.41. The van der Waals surface area contributed by atoms with Crippen LogP contribution in [0.2, 0.25) is 0 Å². The highest BCUT2D eigenvalue weighted by Crippen LogP contribution is 1.94. The maximum atomic E-state index is 10.3. The number of nitrogens with zero attached hydrogens (tertiary/aromatic N) is 2. The molecule has 0 aliphatic heterocycles. The van der Waals surface area contributed by atoms with Crippen molar-refractivity contribution in [3.8, 4) is 0 Å². The molecule has 0 saturated heterocycles. The van der Waals surface area contributed by atoms with E-state index in [0.717, 1.165) is 0 Å². The molecule has 0 fully saturated rings. The van der Waals surface area contributed by atoms with Crippen LogP contribution in [0.5, 0.6) is 0 Å². The van der Waals surface area contributed by atoms with Crippen LogP contribution in [0.15, 0.2) is 17.7 Å². The average Bonchev–Trinajstić information content (AvgIpc) is 2.40. The standard InChI is InChI=1S/C5H5N3O3/c9-5(10)4(8-11)3-1-6-2-7-3/h1-2,11H,(H,6,7)(H,9,10). The van der Waals surface area contributed by atoms with Crippen LogP contribution in [-0.4, -0.2) is 32.0 Å². The number of hydrogen-bond donors (Lipinski definition) is 3. The molecule has 0 amide bonds. The Kier molecular flexibility index (Phi) is 1.86. The smallest absolute Gasteiger partial charge is 0.360 e. The number of carboxylic acids is 1. The summed E-state index contributed by atoms with van der Waals surface area (Å²) < 4.78 is 0. The second-order valence-electron chi connectivity index (χ2n) is 1.72. The Balaban J connectivity index is 2.99. The molecule has 1 heterocycles. The summed E-state index contributed by atoms with van der Waals surface area (Å²) in [5.74, 6) is -1.31. The van der Waals surface area contributed by atoms with Gasteiger partial charge in [0.05, 0.1) is 18.2 Å². The summed E-state index contributed by atoms with van der Waals surface area (Å²) in [6.07, 6.45) is 2.55. The Labute approximate surface area is 61.2 Å². The van der Waals surface area contributed by atoms with E-state index in [1.54, 1.807) is 0 Å². The van der Waals surface area contributed by atoms with Gasteiger partial charge < -0.3 is 15.3 Å². The van der Waals surface area contributed by atoms with Gasteiger partial charge >= 0.3 is 5.97 Å². The summed E-state index contributed by atoms with van der Waals surface area (Å²) in [4.78, 5) is 16.3. The van der Waals surface area contributed by atoms with Crippen LogP contribution < -0.4 is 0 Å². The monoisotopic (exact) mass is 155 g/mol. The summed E-state index contributed by atoms with van der Waals surface area (Å²) in [6, 6.07) is 0. The largest absolute Gasteiger partial charge is 0.476 e. The number of nitrogens with one attached hydrogen (secondary N) is 1. The lowest BCUT2D eigenvalue weighted by molar-refractivity contribution is -0.129. The molecule has 0 radical (unpaired) electrons. The zero-order valence-electron chi connectivity index (χ0n) is 5.35. The first-order valence-corrected chi connectivity index (χ1v) is 2.70. The van der Waals surface area contributed by atoms with Crippen molar-refractivity contribution in [2.45, 2.75) is 0 Å². The molecular weight excluding hydrogens is 150 g/mol. The zero-order valence-corrected chi connectivity index (χ0v) is 5.35. The fourth-order valence-corrected chi connectivity index (χ4v) is 0.597. The second kappa shape index (κ2) is 2.82. The molecule has 0 saturated carbocycles. The Morgan fingerprint density at radius 2 is 2.45 bits per heavy atom. The molecule has 0 unspecified atom stereocenters. The topological polar surface area (TPSA) is 98.6 Å². The minimum absolute atomic E-state index is 0.167. The van der Waals surface area contributed by atoms with Gasteiger partial charge in [0.15, 0.2) is 0 Å². The quantitative estimate of drug-likeness (QED) is 0.309. The summed E-state index contributed by atoms with van der Waals surface area (Å²) >= 11 is 0. The Morgan fingerprint density at radius 1 is 1.73 bits per heavy atom. The number of carbonyl (C=O) groups is 1.